The number of hydrogen-bond acceptors (Lipinski definition) is 5. The summed E-state index contributed by atoms with van der Waals surface area (Å²) in [6.45, 7) is 0. The third kappa shape index (κ3) is 2.30. The molecule has 0 amide bonds. The van der Waals surface area contributed by atoms with Crippen LogP contribution in [0.1, 0.15) is 5.56 Å². The highest BCUT2D eigenvalue weighted by Gasteiger charge is 2.11. The maximum Gasteiger partial charge on any atom is 0.331 e. The molecule has 0 saturated carbocycles. The van der Waals surface area contributed by atoms with Crippen molar-refractivity contribution in [2.24, 2.45) is 0 Å². The molecule has 16 heavy (non-hydrogen) atoms. The maximum absolute atomic E-state index is 11.0. The van der Waals surface area contributed by atoms with Gasteiger partial charge in [-0.2, -0.15) is 5.26 Å². The number of aromatic hydroxyl groups is 2. The highest BCUT2D eigenvalue weighted by atomic mass is 16.5. The molecule has 0 aliphatic rings. The van der Waals surface area contributed by atoms with Crippen molar-refractivity contribution < 1.29 is 19.7 Å². The van der Waals surface area contributed by atoms with E-state index in [2.05, 4.69) is 4.74 Å². The van der Waals surface area contributed by atoms with Gasteiger partial charge in [-0.15, -0.1) is 0 Å². The number of methoxy groups -OCH3 is 1. The Balaban J connectivity index is 3.26. The number of esters is 1. The molecule has 1 aromatic carbocycles. The first-order valence-corrected chi connectivity index (χ1v) is 4.31. The zero-order valence-electron chi connectivity index (χ0n) is 8.47. The topological polar surface area (TPSA) is 90.6 Å². The summed E-state index contributed by atoms with van der Waals surface area (Å²) in [4.78, 5) is 11.0. The van der Waals surface area contributed by atoms with E-state index in [0.29, 0.717) is 0 Å². The van der Waals surface area contributed by atoms with Crippen LogP contribution in [-0.4, -0.2) is 23.3 Å². The molecule has 0 atom stereocenters. The average molecular weight is 219 g/mol. The molecule has 0 bridgehead atoms. The van der Waals surface area contributed by atoms with Crippen LogP contribution in [0.2, 0.25) is 0 Å². The van der Waals surface area contributed by atoms with Gasteiger partial charge < -0.3 is 14.9 Å². The first kappa shape index (κ1) is 11.6. The number of allylic oxidation sites excluding steroid dienone is 1. The lowest BCUT2D eigenvalue weighted by Gasteiger charge is -2.03. The van der Waals surface area contributed by atoms with Gasteiger partial charge in [0.15, 0.2) is 11.5 Å². The normalized spacial score (nSPS) is 10.6. The predicted octanol–water partition coefficient (Wildman–Crippen LogP) is 1.18. The molecule has 1 aromatic rings. The van der Waals surface area contributed by atoms with Crippen LogP contribution < -0.4 is 0 Å². The first-order valence-electron chi connectivity index (χ1n) is 4.31. The van der Waals surface area contributed by atoms with Crippen LogP contribution in [0.15, 0.2) is 24.3 Å². The van der Waals surface area contributed by atoms with E-state index in [1.807, 2.05) is 0 Å². The zero-order chi connectivity index (χ0) is 12.1. The fourth-order valence-corrected chi connectivity index (χ4v) is 1.10. The molecule has 0 fully saturated rings. The quantitative estimate of drug-likeness (QED) is 0.337. The minimum absolute atomic E-state index is 0.0768. The second-order valence-electron chi connectivity index (χ2n) is 2.87. The molecular formula is C11H9NO4. The summed E-state index contributed by atoms with van der Waals surface area (Å²) in [6, 6.07) is 5.87. The van der Waals surface area contributed by atoms with Crippen LogP contribution in [-0.2, 0) is 9.53 Å². The molecule has 0 unspecified atom stereocenters. The van der Waals surface area contributed by atoms with Crippen LogP contribution in [0.3, 0.4) is 0 Å². The van der Waals surface area contributed by atoms with E-state index >= 15 is 0 Å². The van der Waals surface area contributed by atoms with Crippen molar-refractivity contribution in [2.45, 2.75) is 0 Å². The summed E-state index contributed by atoms with van der Waals surface area (Å²) in [7, 11) is 1.18. The SMILES string of the molecule is COC(=O)C=C(C#N)c1cccc(O)c1O. The Morgan fingerprint density at radius 3 is 2.75 bits per heavy atom. The summed E-state index contributed by atoms with van der Waals surface area (Å²) in [5.74, 6) is -1.51. The molecule has 5 nitrogen and oxygen atoms in total. The summed E-state index contributed by atoms with van der Waals surface area (Å²) in [6.07, 6.45) is 0.939. The smallest absolute Gasteiger partial charge is 0.331 e. The lowest BCUT2D eigenvalue weighted by atomic mass is 10.1. The van der Waals surface area contributed by atoms with E-state index in [4.69, 9.17) is 5.26 Å². The number of phenols is 2. The second-order valence-corrected chi connectivity index (χ2v) is 2.87. The molecule has 0 aliphatic heterocycles. The number of ether oxygens (including phenoxy) is 1. The molecule has 0 saturated heterocycles. The van der Waals surface area contributed by atoms with Crippen LogP contribution in [0, 0.1) is 11.3 Å². The summed E-state index contributed by atoms with van der Waals surface area (Å²) in [5, 5.41) is 27.5. The Morgan fingerprint density at radius 1 is 1.50 bits per heavy atom. The highest BCUT2D eigenvalue weighted by molar-refractivity contribution is 5.96. The maximum atomic E-state index is 11.0. The van der Waals surface area contributed by atoms with Crippen LogP contribution in [0.5, 0.6) is 11.5 Å². The molecule has 2 N–H and O–H groups in total. The number of rotatable bonds is 2. The molecule has 0 heterocycles. The van der Waals surface area contributed by atoms with Gasteiger partial charge in [0.2, 0.25) is 0 Å². The monoisotopic (exact) mass is 219 g/mol. The standard InChI is InChI=1S/C11H9NO4/c1-16-10(14)5-7(6-12)8-3-2-4-9(13)11(8)15/h2-5,13,15H,1H3. The van der Waals surface area contributed by atoms with Gasteiger partial charge in [0.1, 0.15) is 6.07 Å². The molecule has 0 aromatic heterocycles. The number of nitriles is 1. The van der Waals surface area contributed by atoms with Crippen molar-refractivity contribution >= 4 is 11.5 Å². The number of carbonyl (C=O) groups excluding carboxylic acids is 1. The fraction of sp³-hybridized carbons (Fsp3) is 0.0909. The van der Waals surface area contributed by atoms with Crippen molar-refractivity contribution in [3.05, 3.63) is 29.8 Å². The minimum atomic E-state index is -0.709. The van der Waals surface area contributed by atoms with Gasteiger partial charge >= 0.3 is 5.97 Å². The Bertz CT molecular complexity index is 485. The van der Waals surface area contributed by atoms with E-state index in [1.54, 1.807) is 6.07 Å². The average Bonchev–Trinajstić information content (AvgIpc) is 2.29. The van der Waals surface area contributed by atoms with Crippen LogP contribution in [0.4, 0.5) is 0 Å². The summed E-state index contributed by atoms with van der Waals surface area (Å²) in [5.41, 5.74) is -0.00634. The van der Waals surface area contributed by atoms with Crippen molar-refractivity contribution in [2.75, 3.05) is 7.11 Å². The summed E-state index contributed by atoms with van der Waals surface area (Å²) >= 11 is 0. The van der Waals surface area contributed by atoms with Gasteiger partial charge in [0.25, 0.3) is 0 Å². The molecule has 1 rings (SSSR count). The third-order valence-electron chi connectivity index (χ3n) is 1.89. The number of carbonyl (C=O) groups is 1. The number of phenolic OH excluding ortho intramolecular Hbond substituents is 2. The predicted molar refractivity (Wildman–Crippen MR) is 55.4 cm³/mol. The largest absolute Gasteiger partial charge is 0.504 e. The molecule has 0 aliphatic carbocycles. The van der Waals surface area contributed by atoms with E-state index in [9.17, 15) is 15.0 Å². The molecule has 82 valence electrons. The zero-order valence-corrected chi connectivity index (χ0v) is 8.47. The van der Waals surface area contributed by atoms with E-state index < -0.39 is 11.7 Å². The van der Waals surface area contributed by atoms with E-state index in [-0.39, 0.29) is 16.9 Å². The second kappa shape index (κ2) is 4.84. The highest BCUT2D eigenvalue weighted by Crippen LogP contribution is 2.32. The van der Waals surface area contributed by atoms with Gasteiger partial charge in [-0.3, -0.25) is 0 Å². The summed E-state index contributed by atoms with van der Waals surface area (Å²) < 4.78 is 4.36. The van der Waals surface area contributed by atoms with Gasteiger partial charge in [-0.25, -0.2) is 4.79 Å². The molecule has 5 heteroatoms. The van der Waals surface area contributed by atoms with Gasteiger partial charge in [-0.1, -0.05) is 6.07 Å². The molecule has 0 radical (unpaired) electrons. The number of hydrogen-bond donors (Lipinski definition) is 2. The van der Waals surface area contributed by atoms with Gasteiger partial charge in [0.05, 0.1) is 12.7 Å². The van der Waals surface area contributed by atoms with Gasteiger partial charge in [-0.05, 0) is 12.1 Å². The van der Waals surface area contributed by atoms with Crippen molar-refractivity contribution in [3.63, 3.8) is 0 Å². The van der Waals surface area contributed by atoms with Crippen LogP contribution >= 0.6 is 0 Å². The Kier molecular flexibility index (Phi) is 3.51. The van der Waals surface area contributed by atoms with Crippen molar-refractivity contribution in [1.82, 2.24) is 0 Å². The van der Waals surface area contributed by atoms with Crippen LogP contribution in [0.25, 0.3) is 5.57 Å². The molecule has 0 spiro atoms. The van der Waals surface area contributed by atoms with E-state index in [1.165, 1.54) is 25.3 Å². The van der Waals surface area contributed by atoms with E-state index in [0.717, 1.165) is 6.08 Å². The fourth-order valence-electron chi connectivity index (χ4n) is 1.10. The third-order valence-corrected chi connectivity index (χ3v) is 1.89. The Morgan fingerprint density at radius 2 is 2.19 bits per heavy atom. The Hall–Kier alpha value is -2.48. The molecular weight excluding hydrogens is 210 g/mol. The lowest BCUT2D eigenvalue weighted by Crippen LogP contribution is -1.96. The van der Waals surface area contributed by atoms with Gasteiger partial charge in [0, 0.05) is 11.6 Å². The van der Waals surface area contributed by atoms with Crippen molar-refractivity contribution in [1.29, 1.82) is 5.26 Å². The lowest BCUT2D eigenvalue weighted by molar-refractivity contribution is -0.134. The minimum Gasteiger partial charge on any atom is -0.504 e. The number of benzene rings is 1. The first-order chi connectivity index (χ1) is 7.60. The number of nitrogens with zero attached hydrogens (tertiary/aromatic N) is 1. The number of para-hydroxylation sites is 1. The Labute approximate surface area is 91.8 Å². The van der Waals surface area contributed by atoms with Crippen molar-refractivity contribution in [3.8, 4) is 17.6 Å².